The molecule has 0 aliphatic carbocycles. The van der Waals surface area contributed by atoms with Crippen molar-refractivity contribution in [3.63, 3.8) is 0 Å². The fraction of sp³-hybridized carbons (Fsp3) is 0.414. The number of rotatable bonds is 8. The number of hydrogen-bond donors (Lipinski definition) is 2. The molecular weight excluding hydrogens is 526 g/mol. The Balaban J connectivity index is 1.35. The van der Waals surface area contributed by atoms with E-state index in [4.69, 9.17) is 4.74 Å². The lowest BCUT2D eigenvalue weighted by Gasteiger charge is -2.43. The number of anilines is 2. The Kier molecular flexibility index (Phi) is 7.80. The summed E-state index contributed by atoms with van der Waals surface area (Å²) in [6.07, 6.45) is 0. The summed E-state index contributed by atoms with van der Waals surface area (Å²) in [4.78, 5) is 18.0. The van der Waals surface area contributed by atoms with E-state index in [1.165, 1.54) is 0 Å². The molecule has 1 amide bonds. The Morgan fingerprint density at radius 2 is 1.90 bits per heavy atom. The Bertz CT molecular complexity index is 1470. The molecule has 0 spiro atoms. The maximum absolute atomic E-state index is 13.6. The van der Waals surface area contributed by atoms with Gasteiger partial charge in [0.05, 0.1) is 17.8 Å². The number of hydrogen-bond acceptors (Lipinski definition) is 8. The lowest BCUT2D eigenvalue weighted by Crippen LogP contribution is -2.60. The minimum absolute atomic E-state index is 0.00512. The molecule has 40 heavy (non-hydrogen) atoms. The van der Waals surface area contributed by atoms with Crippen LogP contribution in [0.3, 0.4) is 0 Å². The van der Waals surface area contributed by atoms with Gasteiger partial charge >= 0.3 is 0 Å². The van der Waals surface area contributed by atoms with Gasteiger partial charge in [0.2, 0.25) is 5.91 Å². The summed E-state index contributed by atoms with van der Waals surface area (Å²) < 4.78 is 20.3. The van der Waals surface area contributed by atoms with Gasteiger partial charge in [-0.25, -0.2) is 4.21 Å². The fourth-order valence-electron chi connectivity index (χ4n) is 5.29. The molecule has 0 saturated carbocycles. The molecule has 2 aromatic carbocycles. The summed E-state index contributed by atoms with van der Waals surface area (Å²) in [6.45, 7) is 16.2. The fourth-order valence-corrected chi connectivity index (χ4v) is 6.46. The van der Waals surface area contributed by atoms with Crippen molar-refractivity contribution >= 4 is 33.9 Å². The van der Waals surface area contributed by atoms with Gasteiger partial charge < -0.3 is 20.3 Å². The zero-order valence-electron chi connectivity index (χ0n) is 23.8. The van der Waals surface area contributed by atoms with E-state index < -0.39 is 16.3 Å². The third kappa shape index (κ3) is 5.16. The summed E-state index contributed by atoms with van der Waals surface area (Å²) in [5.41, 5.74) is 4.97. The van der Waals surface area contributed by atoms with Crippen molar-refractivity contribution < 1.29 is 13.7 Å². The first-order valence-electron chi connectivity index (χ1n) is 13.4. The van der Waals surface area contributed by atoms with Crippen LogP contribution in [-0.4, -0.2) is 82.0 Å². The van der Waals surface area contributed by atoms with Crippen LogP contribution in [0, 0.1) is 13.8 Å². The SMILES string of the molecule is C=C1Nc2c(S(=O)c3ccc(C)cc3C)nnn2-c2cc(N3CCN(C(C)(C)C(=O)NCCOC)CC3)ccc21. The molecule has 5 rings (SSSR count). The Morgan fingerprint density at radius 3 is 2.60 bits per heavy atom. The third-order valence-corrected chi connectivity index (χ3v) is 9.22. The number of carbonyl (C=O) groups is 1. The summed E-state index contributed by atoms with van der Waals surface area (Å²) >= 11 is 0. The van der Waals surface area contributed by atoms with Crippen LogP contribution in [0.2, 0.25) is 0 Å². The van der Waals surface area contributed by atoms with Crippen molar-refractivity contribution in [1.29, 1.82) is 0 Å². The quantitative estimate of drug-likeness (QED) is 0.403. The molecule has 212 valence electrons. The molecular formula is C29H37N7O3S. The number of aromatic nitrogens is 3. The minimum atomic E-state index is -1.50. The highest BCUT2D eigenvalue weighted by atomic mass is 32.2. The molecule has 2 aliphatic rings. The molecule has 0 radical (unpaired) electrons. The summed E-state index contributed by atoms with van der Waals surface area (Å²) in [5, 5.41) is 15.4. The largest absolute Gasteiger partial charge is 0.383 e. The van der Waals surface area contributed by atoms with E-state index in [-0.39, 0.29) is 5.91 Å². The second-order valence-electron chi connectivity index (χ2n) is 10.8. The van der Waals surface area contributed by atoms with Gasteiger partial charge in [-0.1, -0.05) is 29.5 Å². The molecule has 1 unspecified atom stereocenters. The Labute approximate surface area is 237 Å². The van der Waals surface area contributed by atoms with E-state index in [9.17, 15) is 9.00 Å². The van der Waals surface area contributed by atoms with Crippen LogP contribution in [-0.2, 0) is 20.3 Å². The highest BCUT2D eigenvalue weighted by Gasteiger charge is 2.36. The van der Waals surface area contributed by atoms with Gasteiger partial charge in [0.1, 0.15) is 10.8 Å². The lowest BCUT2D eigenvalue weighted by molar-refractivity contribution is -0.132. The number of nitrogens with zero attached hydrogens (tertiary/aromatic N) is 5. The molecule has 10 nitrogen and oxygen atoms in total. The van der Waals surface area contributed by atoms with Crippen LogP contribution in [0.5, 0.6) is 0 Å². The standard InChI is InChI=1S/C29H37N7O3S/c1-19-7-10-25(20(2)17-19)40(38)27-26-31-21(3)23-9-8-22(18-24(23)36(26)33-32-27)34-12-14-35(15-13-34)29(4,5)28(37)30-11-16-39-6/h7-10,17-18,31H,3,11-16H2,1-2,4-6H3,(H,30,37). The smallest absolute Gasteiger partial charge is 0.240 e. The molecule has 0 bridgehead atoms. The van der Waals surface area contributed by atoms with E-state index in [1.807, 2.05) is 52.0 Å². The third-order valence-electron chi connectivity index (χ3n) is 7.73. The predicted molar refractivity (Wildman–Crippen MR) is 157 cm³/mol. The first-order chi connectivity index (χ1) is 19.1. The lowest BCUT2D eigenvalue weighted by atomic mass is 10.00. The predicted octanol–water partition coefficient (Wildman–Crippen LogP) is 3.11. The number of nitrogens with one attached hydrogen (secondary N) is 2. The summed E-state index contributed by atoms with van der Waals surface area (Å²) in [5.74, 6) is 0.574. The number of piperazine rings is 1. The van der Waals surface area contributed by atoms with Crippen molar-refractivity contribution in [1.82, 2.24) is 25.2 Å². The summed E-state index contributed by atoms with van der Waals surface area (Å²) in [7, 11) is 0.125. The second-order valence-corrected chi connectivity index (χ2v) is 12.1. The van der Waals surface area contributed by atoms with Crippen LogP contribution >= 0.6 is 0 Å². The van der Waals surface area contributed by atoms with E-state index in [2.05, 4.69) is 49.5 Å². The normalized spacial score (nSPS) is 16.2. The number of amides is 1. The molecule has 2 aliphatic heterocycles. The maximum atomic E-state index is 13.6. The Hall–Kier alpha value is -3.54. The second kappa shape index (κ2) is 11.1. The Morgan fingerprint density at radius 1 is 1.15 bits per heavy atom. The first kappa shape index (κ1) is 28.0. The monoisotopic (exact) mass is 563 g/mol. The minimum Gasteiger partial charge on any atom is -0.383 e. The number of benzene rings is 2. The average molecular weight is 564 g/mol. The van der Waals surface area contributed by atoms with Gasteiger partial charge in [-0.2, -0.15) is 4.68 Å². The molecule has 1 atom stereocenters. The molecule has 2 N–H and O–H groups in total. The maximum Gasteiger partial charge on any atom is 0.240 e. The van der Waals surface area contributed by atoms with Crippen molar-refractivity contribution in [2.24, 2.45) is 0 Å². The zero-order chi connectivity index (χ0) is 28.6. The van der Waals surface area contributed by atoms with Gasteiger partial charge in [-0.3, -0.25) is 9.69 Å². The van der Waals surface area contributed by atoms with Gasteiger partial charge in [0.25, 0.3) is 0 Å². The van der Waals surface area contributed by atoms with Gasteiger partial charge in [-0.15, -0.1) is 5.10 Å². The van der Waals surface area contributed by atoms with Crippen LogP contribution in [0.1, 0.15) is 30.5 Å². The highest BCUT2D eigenvalue weighted by molar-refractivity contribution is 7.85. The molecule has 11 heteroatoms. The van der Waals surface area contributed by atoms with Crippen molar-refractivity contribution in [3.8, 4) is 5.69 Å². The van der Waals surface area contributed by atoms with E-state index in [0.717, 1.165) is 54.2 Å². The number of carbonyl (C=O) groups excluding carboxylic acids is 1. The number of ether oxygens (including phenoxy) is 1. The van der Waals surface area contributed by atoms with Gasteiger partial charge in [0.15, 0.2) is 10.8 Å². The zero-order valence-corrected chi connectivity index (χ0v) is 24.6. The van der Waals surface area contributed by atoms with Crippen molar-refractivity contribution in [2.75, 3.05) is 56.7 Å². The van der Waals surface area contributed by atoms with Crippen molar-refractivity contribution in [3.05, 3.63) is 59.7 Å². The number of aryl methyl sites for hydroxylation is 2. The van der Waals surface area contributed by atoms with Crippen LogP contribution in [0.4, 0.5) is 11.5 Å². The van der Waals surface area contributed by atoms with Crippen LogP contribution in [0.25, 0.3) is 11.4 Å². The molecule has 3 heterocycles. The van der Waals surface area contributed by atoms with Crippen LogP contribution in [0.15, 0.2) is 52.9 Å². The molecule has 1 aromatic heterocycles. The number of fused-ring (bicyclic) bond motifs is 3. The van der Waals surface area contributed by atoms with Gasteiger partial charge in [0, 0.05) is 61.7 Å². The molecule has 1 fully saturated rings. The van der Waals surface area contributed by atoms with E-state index >= 15 is 0 Å². The molecule has 3 aromatic rings. The van der Waals surface area contributed by atoms with E-state index in [1.54, 1.807) is 11.8 Å². The van der Waals surface area contributed by atoms with Gasteiger partial charge in [-0.05, 0) is 57.5 Å². The average Bonchev–Trinajstić information content (AvgIpc) is 3.36. The van der Waals surface area contributed by atoms with Crippen molar-refractivity contribution in [2.45, 2.75) is 43.2 Å². The summed E-state index contributed by atoms with van der Waals surface area (Å²) in [6, 6.07) is 12.1. The highest BCUT2D eigenvalue weighted by Crippen LogP contribution is 2.37. The van der Waals surface area contributed by atoms with E-state index in [0.29, 0.717) is 34.6 Å². The molecule has 1 saturated heterocycles. The topological polar surface area (TPSA) is 105 Å². The van der Waals surface area contributed by atoms with Crippen LogP contribution < -0.4 is 15.5 Å². The number of methoxy groups -OCH3 is 1. The first-order valence-corrected chi connectivity index (χ1v) is 14.6.